The number of rotatable bonds is 4. The van der Waals surface area contributed by atoms with Gasteiger partial charge in [-0.3, -0.25) is 9.59 Å². The van der Waals surface area contributed by atoms with Gasteiger partial charge in [0.1, 0.15) is 10.7 Å². The van der Waals surface area contributed by atoms with Gasteiger partial charge in [0.2, 0.25) is 11.8 Å². The molecule has 1 aromatic rings. The van der Waals surface area contributed by atoms with Crippen LogP contribution in [-0.2, 0) is 19.6 Å². The van der Waals surface area contributed by atoms with Crippen LogP contribution in [0, 0.1) is 18.8 Å². The Kier molecular flexibility index (Phi) is 6.61. The molecule has 0 saturated carbocycles. The Hall–Kier alpha value is -2.68. The van der Waals surface area contributed by atoms with Gasteiger partial charge in [0.15, 0.2) is 0 Å². The molecule has 2 amide bonds. The number of benzene rings is 1. The normalized spacial score (nSPS) is 21.9. The molecule has 178 valence electrons. The zero-order valence-electron chi connectivity index (χ0n) is 19.3. The zero-order chi connectivity index (χ0) is 23.8. The number of carbonyl (C=O) groups is 2. The number of piperidine rings is 2. The number of primary amides is 1. The average molecular weight is 473 g/mol. The predicted molar refractivity (Wildman–Crippen MR) is 128 cm³/mol. The number of hydrogen-bond donors (Lipinski definition) is 1. The summed E-state index contributed by atoms with van der Waals surface area (Å²) in [5, 5.41) is 0. The van der Waals surface area contributed by atoms with Crippen LogP contribution in [0.15, 0.2) is 34.2 Å². The second kappa shape index (κ2) is 9.29. The van der Waals surface area contributed by atoms with Crippen molar-refractivity contribution in [3.63, 3.8) is 0 Å². The molecule has 33 heavy (non-hydrogen) atoms. The summed E-state index contributed by atoms with van der Waals surface area (Å²) in [6.07, 6.45) is 3.13. The van der Waals surface area contributed by atoms with E-state index in [-0.39, 0.29) is 23.7 Å². The number of nitrogens with zero attached hydrogens (tertiary/aromatic N) is 3. The second-order valence-corrected chi connectivity index (χ2v) is 10.7. The van der Waals surface area contributed by atoms with Crippen molar-refractivity contribution in [3.05, 3.63) is 41.0 Å². The number of amidine groups is 1. The van der Waals surface area contributed by atoms with Gasteiger partial charge in [-0.1, -0.05) is 36.8 Å². The van der Waals surface area contributed by atoms with Crippen LogP contribution in [0.25, 0.3) is 4.91 Å². The number of likely N-dealkylation sites (tertiary alicyclic amines) is 2. The van der Waals surface area contributed by atoms with E-state index in [9.17, 15) is 18.0 Å². The fourth-order valence-corrected chi connectivity index (χ4v) is 6.57. The SMILES string of the molecule is CCC1=C(c2ccc(C)cc2)S(=O)(=O)N=C1N1CCC(C(=O)N2CCC(C(N)=O)CC2)CC1. The smallest absolute Gasteiger partial charge is 0.285 e. The monoisotopic (exact) mass is 472 g/mol. The van der Waals surface area contributed by atoms with Crippen LogP contribution >= 0.6 is 0 Å². The van der Waals surface area contributed by atoms with Crippen molar-refractivity contribution in [3.8, 4) is 0 Å². The van der Waals surface area contributed by atoms with Crippen LogP contribution in [0.3, 0.4) is 0 Å². The molecule has 0 spiro atoms. The van der Waals surface area contributed by atoms with Crippen LogP contribution < -0.4 is 5.73 Å². The number of carbonyl (C=O) groups excluding carboxylic acids is 2. The minimum Gasteiger partial charge on any atom is -0.369 e. The van der Waals surface area contributed by atoms with Crippen molar-refractivity contribution < 1.29 is 18.0 Å². The topological polar surface area (TPSA) is 113 Å². The first kappa shape index (κ1) is 23.5. The lowest BCUT2D eigenvalue weighted by Gasteiger charge is -2.37. The van der Waals surface area contributed by atoms with E-state index in [1.165, 1.54) is 0 Å². The minimum absolute atomic E-state index is 0.0874. The van der Waals surface area contributed by atoms with Crippen LogP contribution in [0.4, 0.5) is 0 Å². The molecule has 0 aliphatic carbocycles. The van der Waals surface area contributed by atoms with E-state index in [1.54, 1.807) is 0 Å². The number of amides is 2. The predicted octanol–water partition coefficient (Wildman–Crippen LogP) is 2.29. The highest BCUT2D eigenvalue weighted by atomic mass is 32.2. The Morgan fingerprint density at radius 2 is 1.58 bits per heavy atom. The van der Waals surface area contributed by atoms with E-state index in [2.05, 4.69) is 4.40 Å². The molecule has 0 atom stereocenters. The van der Waals surface area contributed by atoms with E-state index < -0.39 is 10.0 Å². The van der Waals surface area contributed by atoms with Gasteiger partial charge in [-0.15, -0.1) is 4.40 Å². The van der Waals surface area contributed by atoms with Gasteiger partial charge < -0.3 is 15.5 Å². The fourth-order valence-electron chi connectivity index (χ4n) is 5.05. The van der Waals surface area contributed by atoms with Crippen LogP contribution in [0.1, 0.15) is 50.2 Å². The standard InChI is InChI=1S/C24H32N4O4S/c1-3-20-21(17-6-4-16(2)5-7-17)33(31,32)26-23(20)27-12-10-19(11-13-27)24(30)28-14-8-18(9-15-28)22(25)29/h4-7,18-19H,3,8-15H2,1-2H3,(H2,25,29). The maximum absolute atomic E-state index is 13.0. The van der Waals surface area contributed by atoms with Crippen molar-refractivity contribution in [2.24, 2.45) is 22.0 Å². The molecule has 2 fully saturated rings. The van der Waals surface area contributed by atoms with Gasteiger partial charge in [0.05, 0.1) is 0 Å². The van der Waals surface area contributed by atoms with Crippen molar-refractivity contribution in [2.45, 2.75) is 46.0 Å². The highest BCUT2D eigenvalue weighted by molar-refractivity contribution is 8.00. The lowest BCUT2D eigenvalue weighted by molar-refractivity contribution is -0.139. The quantitative estimate of drug-likeness (QED) is 0.722. The third-order valence-electron chi connectivity index (χ3n) is 7.03. The molecule has 1 aromatic carbocycles. The van der Waals surface area contributed by atoms with E-state index >= 15 is 0 Å². The fraction of sp³-hybridized carbons (Fsp3) is 0.542. The molecule has 0 aromatic heterocycles. The Bertz CT molecular complexity index is 1090. The summed E-state index contributed by atoms with van der Waals surface area (Å²) in [5.74, 6) is 0.148. The van der Waals surface area contributed by atoms with Gasteiger partial charge in [-0.05, 0) is 44.6 Å². The highest BCUT2D eigenvalue weighted by Gasteiger charge is 2.38. The second-order valence-electron chi connectivity index (χ2n) is 9.18. The third kappa shape index (κ3) is 4.69. The number of hydrogen-bond acceptors (Lipinski definition) is 5. The number of aryl methyl sites for hydroxylation is 1. The molecular weight excluding hydrogens is 440 g/mol. The van der Waals surface area contributed by atoms with Crippen LogP contribution in [0.2, 0.25) is 0 Å². The highest BCUT2D eigenvalue weighted by Crippen LogP contribution is 2.36. The molecule has 3 aliphatic rings. The first-order chi connectivity index (χ1) is 15.7. The van der Waals surface area contributed by atoms with Crippen molar-refractivity contribution in [1.82, 2.24) is 9.80 Å². The summed E-state index contributed by atoms with van der Waals surface area (Å²) < 4.78 is 30.1. The molecule has 0 radical (unpaired) electrons. The lowest BCUT2D eigenvalue weighted by atomic mass is 9.91. The summed E-state index contributed by atoms with van der Waals surface area (Å²) >= 11 is 0. The summed E-state index contributed by atoms with van der Waals surface area (Å²) in [5.41, 5.74) is 7.88. The molecular formula is C24H32N4O4S. The molecule has 9 heteroatoms. The van der Waals surface area contributed by atoms with E-state index in [0.29, 0.717) is 74.6 Å². The summed E-state index contributed by atoms with van der Waals surface area (Å²) in [6, 6.07) is 7.49. The lowest BCUT2D eigenvalue weighted by Crippen LogP contribution is -2.47. The molecule has 2 saturated heterocycles. The van der Waals surface area contributed by atoms with E-state index in [0.717, 1.165) is 11.1 Å². The van der Waals surface area contributed by atoms with Gasteiger partial charge in [-0.2, -0.15) is 8.42 Å². The van der Waals surface area contributed by atoms with Crippen molar-refractivity contribution in [1.29, 1.82) is 0 Å². The summed E-state index contributed by atoms with van der Waals surface area (Å²) in [7, 11) is -3.76. The number of sulfonamides is 1. The molecule has 3 heterocycles. The first-order valence-corrected chi connectivity index (χ1v) is 13.1. The Morgan fingerprint density at radius 1 is 1.00 bits per heavy atom. The summed E-state index contributed by atoms with van der Waals surface area (Å²) in [6.45, 7) is 6.24. The molecule has 3 aliphatic heterocycles. The average Bonchev–Trinajstić information content (AvgIpc) is 3.09. The van der Waals surface area contributed by atoms with Crippen LogP contribution in [-0.4, -0.2) is 62.0 Å². The van der Waals surface area contributed by atoms with Crippen LogP contribution in [0.5, 0.6) is 0 Å². The van der Waals surface area contributed by atoms with E-state index in [1.807, 2.05) is 47.9 Å². The van der Waals surface area contributed by atoms with Crippen molar-refractivity contribution in [2.75, 3.05) is 26.2 Å². The maximum atomic E-state index is 13.0. The van der Waals surface area contributed by atoms with E-state index in [4.69, 9.17) is 5.73 Å². The van der Waals surface area contributed by atoms with Gasteiger partial charge in [-0.25, -0.2) is 0 Å². The first-order valence-electron chi connectivity index (χ1n) is 11.7. The Balaban J connectivity index is 1.44. The van der Waals surface area contributed by atoms with Gasteiger partial charge in [0.25, 0.3) is 10.0 Å². The van der Waals surface area contributed by atoms with Gasteiger partial charge in [0, 0.05) is 43.6 Å². The largest absolute Gasteiger partial charge is 0.369 e. The molecule has 4 rings (SSSR count). The summed E-state index contributed by atoms with van der Waals surface area (Å²) in [4.78, 5) is 28.5. The molecule has 0 unspecified atom stereocenters. The maximum Gasteiger partial charge on any atom is 0.285 e. The molecule has 0 bridgehead atoms. The van der Waals surface area contributed by atoms with Crippen molar-refractivity contribution >= 4 is 32.6 Å². The molecule has 8 nitrogen and oxygen atoms in total. The molecule has 2 N–H and O–H groups in total. The number of nitrogens with two attached hydrogens (primary N) is 1. The Morgan fingerprint density at radius 3 is 2.12 bits per heavy atom. The van der Waals surface area contributed by atoms with Gasteiger partial charge >= 0.3 is 0 Å². The Labute approximate surface area is 195 Å². The minimum atomic E-state index is -3.76. The third-order valence-corrected chi connectivity index (χ3v) is 8.44. The zero-order valence-corrected chi connectivity index (χ0v) is 20.1.